The number of rotatable bonds is 3. The monoisotopic (exact) mass is 240 g/mol. The van der Waals surface area contributed by atoms with Crippen LogP contribution in [0.3, 0.4) is 0 Å². The van der Waals surface area contributed by atoms with E-state index in [1.54, 1.807) is 0 Å². The van der Waals surface area contributed by atoms with Crippen molar-refractivity contribution in [3.8, 4) is 0 Å². The standard InChI is InChI=1S/C10H13ClN4O/c11-9-8(6-16)10(13-7-12-9)14-15-4-2-1-3-5-15/h6-7H,1-5H2,(H,12,13,14). The zero-order valence-corrected chi connectivity index (χ0v) is 9.57. The van der Waals surface area contributed by atoms with E-state index in [1.807, 2.05) is 0 Å². The molecule has 16 heavy (non-hydrogen) atoms. The Kier molecular flexibility index (Phi) is 3.69. The van der Waals surface area contributed by atoms with Crippen LogP contribution in [0.4, 0.5) is 5.82 Å². The fraction of sp³-hybridized carbons (Fsp3) is 0.500. The molecule has 0 amide bonds. The van der Waals surface area contributed by atoms with E-state index in [4.69, 9.17) is 11.6 Å². The minimum atomic E-state index is 0.185. The number of carbonyl (C=O) groups is 1. The number of anilines is 1. The van der Waals surface area contributed by atoms with Crippen molar-refractivity contribution in [1.29, 1.82) is 0 Å². The molecule has 1 aromatic heterocycles. The third-order valence-corrected chi connectivity index (χ3v) is 2.87. The molecule has 0 bridgehead atoms. The second-order valence-electron chi connectivity index (χ2n) is 3.70. The number of aromatic nitrogens is 2. The average Bonchev–Trinajstić information content (AvgIpc) is 2.31. The summed E-state index contributed by atoms with van der Waals surface area (Å²) in [5.41, 5.74) is 3.42. The summed E-state index contributed by atoms with van der Waals surface area (Å²) in [5.74, 6) is 0.483. The predicted octanol–water partition coefficient (Wildman–Crippen LogP) is 1.76. The van der Waals surface area contributed by atoms with Gasteiger partial charge in [0, 0.05) is 13.1 Å². The number of halogens is 1. The van der Waals surface area contributed by atoms with Crippen LogP contribution in [0.25, 0.3) is 0 Å². The number of hydrogen-bond donors (Lipinski definition) is 1. The summed E-state index contributed by atoms with van der Waals surface area (Å²) in [4.78, 5) is 18.7. The number of hydrogen-bond acceptors (Lipinski definition) is 5. The SMILES string of the molecule is O=Cc1c(Cl)ncnc1NN1CCCCC1. The van der Waals surface area contributed by atoms with Gasteiger partial charge in [0.2, 0.25) is 0 Å². The van der Waals surface area contributed by atoms with Gasteiger partial charge in [0.15, 0.2) is 12.1 Å². The van der Waals surface area contributed by atoms with E-state index in [2.05, 4.69) is 20.4 Å². The highest BCUT2D eigenvalue weighted by atomic mass is 35.5. The summed E-state index contributed by atoms with van der Waals surface area (Å²) in [7, 11) is 0. The van der Waals surface area contributed by atoms with Crippen molar-refractivity contribution in [2.75, 3.05) is 18.5 Å². The van der Waals surface area contributed by atoms with Crippen LogP contribution in [0.5, 0.6) is 0 Å². The first-order valence-electron chi connectivity index (χ1n) is 5.28. The molecule has 0 aliphatic carbocycles. The van der Waals surface area contributed by atoms with Gasteiger partial charge in [0.25, 0.3) is 0 Å². The highest BCUT2D eigenvalue weighted by molar-refractivity contribution is 6.32. The normalized spacial score (nSPS) is 17.1. The van der Waals surface area contributed by atoms with Crippen LogP contribution in [0.2, 0.25) is 5.15 Å². The number of aldehydes is 1. The molecule has 0 radical (unpaired) electrons. The van der Waals surface area contributed by atoms with E-state index in [0.717, 1.165) is 25.9 Å². The summed E-state index contributed by atoms with van der Waals surface area (Å²) in [6.45, 7) is 1.92. The zero-order chi connectivity index (χ0) is 11.4. The lowest BCUT2D eigenvalue weighted by Crippen LogP contribution is -2.35. The summed E-state index contributed by atoms with van der Waals surface area (Å²) in [5, 5.41) is 2.24. The first-order valence-corrected chi connectivity index (χ1v) is 5.66. The lowest BCUT2D eigenvalue weighted by Gasteiger charge is -2.27. The van der Waals surface area contributed by atoms with Gasteiger partial charge in [-0.25, -0.2) is 15.0 Å². The smallest absolute Gasteiger partial charge is 0.156 e. The molecular weight excluding hydrogens is 228 g/mol. The van der Waals surface area contributed by atoms with Crippen LogP contribution in [-0.4, -0.2) is 34.4 Å². The molecule has 0 aromatic carbocycles. The quantitative estimate of drug-likeness (QED) is 0.644. The molecule has 0 saturated carbocycles. The van der Waals surface area contributed by atoms with Gasteiger partial charge in [0.05, 0.1) is 5.56 Å². The Morgan fingerprint density at radius 2 is 2.06 bits per heavy atom. The number of nitrogens with one attached hydrogen (secondary N) is 1. The maximum atomic E-state index is 10.9. The molecule has 6 heteroatoms. The van der Waals surface area contributed by atoms with E-state index < -0.39 is 0 Å². The highest BCUT2D eigenvalue weighted by Crippen LogP contribution is 2.19. The van der Waals surface area contributed by atoms with Gasteiger partial charge >= 0.3 is 0 Å². The third-order valence-electron chi connectivity index (χ3n) is 2.57. The van der Waals surface area contributed by atoms with Crippen molar-refractivity contribution in [1.82, 2.24) is 15.0 Å². The number of nitrogens with zero attached hydrogens (tertiary/aromatic N) is 3. The van der Waals surface area contributed by atoms with Crippen LogP contribution in [-0.2, 0) is 0 Å². The molecular formula is C10H13ClN4O. The van der Waals surface area contributed by atoms with Gasteiger partial charge in [-0.05, 0) is 12.8 Å². The first kappa shape index (κ1) is 11.3. The van der Waals surface area contributed by atoms with Crippen molar-refractivity contribution in [3.63, 3.8) is 0 Å². The van der Waals surface area contributed by atoms with Crippen LogP contribution in [0.1, 0.15) is 29.6 Å². The Labute approximate surface area is 98.8 Å². The Hall–Kier alpha value is -1.20. The molecule has 1 N–H and O–H groups in total. The van der Waals surface area contributed by atoms with Crippen molar-refractivity contribution in [2.24, 2.45) is 0 Å². The molecule has 0 unspecified atom stereocenters. The lowest BCUT2D eigenvalue weighted by molar-refractivity contribution is 0.112. The molecule has 2 rings (SSSR count). The Morgan fingerprint density at radius 3 is 2.75 bits per heavy atom. The zero-order valence-electron chi connectivity index (χ0n) is 8.82. The van der Waals surface area contributed by atoms with Crippen LogP contribution in [0, 0.1) is 0 Å². The molecule has 1 aromatic rings. The topological polar surface area (TPSA) is 58.1 Å². The van der Waals surface area contributed by atoms with E-state index in [0.29, 0.717) is 17.7 Å². The first-order chi connectivity index (χ1) is 7.81. The third kappa shape index (κ3) is 2.48. The second-order valence-corrected chi connectivity index (χ2v) is 4.06. The maximum absolute atomic E-state index is 10.9. The fourth-order valence-corrected chi connectivity index (χ4v) is 1.90. The van der Waals surface area contributed by atoms with Crippen molar-refractivity contribution >= 4 is 23.7 Å². The summed E-state index contributed by atoms with van der Waals surface area (Å²) >= 11 is 5.81. The largest absolute Gasteiger partial charge is 0.302 e. The van der Waals surface area contributed by atoms with E-state index in [1.165, 1.54) is 12.7 Å². The van der Waals surface area contributed by atoms with Crippen molar-refractivity contribution in [3.05, 3.63) is 17.0 Å². The van der Waals surface area contributed by atoms with Gasteiger partial charge in [-0.1, -0.05) is 18.0 Å². The van der Waals surface area contributed by atoms with Gasteiger partial charge in [0.1, 0.15) is 11.5 Å². The number of hydrazine groups is 1. The minimum Gasteiger partial charge on any atom is -0.302 e. The van der Waals surface area contributed by atoms with E-state index >= 15 is 0 Å². The fourth-order valence-electron chi connectivity index (χ4n) is 1.72. The van der Waals surface area contributed by atoms with Gasteiger partial charge in [-0.2, -0.15) is 0 Å². The summed E-state index contributed by atoms with van der Waals surface area (Å²) in [6, 6.07) is 0. The van der Waals surface area contributed by atoms with Crippen molar-refractivity contribution < 1.29 is 4.79 Å². The van der Waals surface area contributed by atoms with E-state index in [9.17, 15) is 4.79 Å². The Morgan fingerprint density at radius 1 is 1.31 bits per heavy atom. The summed E-state index contributed by atoms with van der Waals surface area (Å²) < 4.78 is 0. The van der Waals surface area contributed by atoms with Crippen molar-refractivity contribution in [2.45, 2.75) is 19.3 Å². The molecule has 0 spiro atoms. The summed E-state index contributed by atoms with van der Waals surface area (Å²) in [6.07, 6.45) is 5.59. The molecule has 1 aliphatic rings. The van der Waals surface area contributed by atoms with Crippen LogP contribution in [0.15, 0.2) is 6.33 Å². The molecule has 5 nitrogen and oxygen atoms in total. The Bertz CT molecular complexity index is 379. The average molecular weight is 241 g/mol. The highest BCUT2D eigenvalue weighted by Gasteiger charge is 2.14. The lowest BCUT2D eigenvalue weighted by atomic mass is 10.2. The molecule has 1 saturated heterocycles. The number of carbonyl (C=O) groups excluding carboxylic acids is 1. The van der Waals surface area contributed by atoms with E-state index in [-0.39, 0.29) is 5.15 Å². The Balaban J connectivity index is 2.13. The molecule has 0 atom stereocenters. The maximum Gasteiger partial charge on any atom is 0.156 e. The second kappa shape index (κ2) is 5.23. The van der Waals surface area contributed by atoms with Gasteiger partial charge < -0.3 is 5.43 Å². The predicted molar refractivity (Wildman–Crippen MR) is 61.5 cm³/mol. The van der Waals surface area contributed by atoms with Crippen LogP contribution >= 0.6 is 11.6 Å². The molecule has 2 heterocycles. The van der Waals surface area contributed by atoms with Gasteiger partial charge in [-0.15, -0.1) is 0 Å². The molecule has 86 valence electrons. The minimum absolute atomic E-state index is 0.185. The van der Waals surface area contributed by atoms with Gasteiger partial charge in [-0.3, -0.25) is 4.79 Å². The molecule has 1 fully saturated rings. The van der Waals surface area contributed by atoms with Crippen LogP contribution < -0.4 is 5.43 Å². The number of piperidine rings is 1. The molecule has 1 aliphatic heterocycles.